The molecule has 0 aliphatic heterocycles. The number of nitrogens with zero attached hydrogens (tertiary/aromatic N) is 2. The predicted octanol–water partition coefficient (Wildman–Crippen LogP) is 1.79. The van der Waals surface area contributed by atoms with Crippen molar-refractivity contribution in [2.45, 2.75) is 20.4 Å². The second-order valence-electron chi connectivity index (χ2n) is 3.59. The van der Waals surface area contributed by atoms with E-state index in [0.29, 0.717) is 29.9 Å². The van der Waals surface area contributed by atoms with Crippen LogP contribution in [0.1, 0.15) is 13.8 Å². The summed E-state index contributed by atoms with van der Waals surface area (Å²) in [4.78, 5) is 0. The number of rotatable bonds is 5. The van der Waals surface area contributed by atoms with Gasteiger partial charge in [0.1, 0.15) is 5.02 Å². The first kappa shape index (κ1) is 11.3. The highest BCUT2D eigenvalue weighted by Gasteiger charge is 2.02. The summed E-state index contributed by atoms with van der Waals surface area (Å²) in [5, 5.41) is 4.50. The van der Waals surface area contributed by atoms with Crippen LogP contribution in [-0.4, -0.2) is 23.0 Å². The third-order valence-corrected chi connectivity index (χ3v) is 1.95. The highest BCUT2D eigenvalue weighted by Crippen LogP contribution is 2.14. The fraction of sp³-hybridized carbons (Fsp3) is 0.667. The van der Waals surface area contributed by atoms with E-state index in [0.717, 1.165) is 6.61 Å². The molecule has 0 unspecified atom stereocenters. The summed E-state index contributed by atoms with van der Waals surface area (Å²) in [6, 6.07) is 0. The number of aromatic nitrogens is 2. The molecule has 0 spiro atoms. The van der Waals surface area contributed by atoms with Crippen molar-refractivity contribution in [2.75, 3.05) is 18.9 Å². The Bertz CT molecular complexity index is 266. The molecule has 0 aliphatic rings. The molecule has 0 saturated heterocycles. The Hall–Kier alpha value is -0.740. The van der Waals surface area contributed by atoms with Crippen LogP contribution in [0.2, 0.25) is 5.02 Å². The number of anilines is 1. The van der Waals surface area contributed by atoms with Crippen LogP contribution in [-0.2, 0) is 11.3 Å². The minimum atomic E-state index is 0.371. The van der Waals surface area contributed by atoms with E-state index in [-0.39, 0.29) is 0 Å². The molecule has 1 rings (SSSR count). The molecule has 0 radical (unpaired) electrons. The van der Waals surface area contributed by atoms with E-state index in [4.69, 9.17) is 22.1 Å². The molecule has 4 nitrogen and oxygen atoms in total. The van der Waals surface area contributed by atoms with Crippen LogP contribution in [0, 0.1) is 5.92 Å². The van der Waals surface area contributed by atoms with Gasteiger partial charge in [0, 0.05) is 12.8 Å². The number of nitrogen functional groups attached to an aromatic ring is 1. The first-order valence-corrected chi connectivity index (χ1v) is 5.03. The third kappa shape index (κ3) is 3.55. The average molecular weight is 218 g/mol. The van der Waals surface area contributed by atoms with Crippen molar-refractivity contribution in [3.63, 3.8) is 0 Å². The smallest absolute Gasteiger partial charge is 0.164 e. The number of hydrogen-bond acceptors (Lipinski definition) is 3. The summed E-state index contributed by atoms with van der Waals surface area (Å²) in [7, 11) is 0. The van der Waals surface area contributed by atoms with Crippen molar-refractivity contribution in [3.8, 4) is 0 Å². The van der Waals surface area contributed by atoms with E-state index < -0.39 is 0 Å². The molecule has 1 aromatic rings. The molecule has 0 amide bonds. The van der Waals surface area contributed by atoms with E-state index >= 15 is 0 Å². The van der Waals surface area contributed by atoms with E-state index in [2.05, 4.69) is 18.9 Å². The van der Waals surface area contributed by atoms with E-state index in [9.17, 15) is 0 Å². The molecule has 0 aliphatic carbocycles. The highest BCUT2D eigenvalue weighted by atomic mass is 35.5. The summed E-state index contributed by atoms with van der Waals surface area (Å²) in [6.45, 7) is 6.31. The zero-order valence-electron chi connectivity index (χ0n) is 8.53. The summed E-state index contributed by atoms with van der Waals surface area (Å²) >= 11 is 5.74. The zero-order valence-corrected chi connectivity index (χ0v) is 9.29. The third-order valence-electron chi connectivity index (χ3n) is 1.66. The fourth-order valence-electron chi connectivity index (χ4n) is 1.00. The lowest BCUT2D eigenvalue weighted by atomic mass is 10.2. The van der Waals surface area contributed by atoms with Crippen molar-refractivity contribution in [2.24, 2.45) is 5.92 Å². The van der Waals surface area contributed by atoms with Gasteiger partial charge in [-0.3, -0.25) is 4.68 Å². The molecule has 0 saturated carbocycles. The standard InChI is InChI=1S/C9H16ClN3O/c1-7(2)6-14-4-3-13-5-8(10)9(11)12-13/h5,7H,3-4,6H2,1-2H3,(H2,11,12). The molecular weight excluding hydrogens is 202 g/mol. The Balaban J connectivity index is 2.25. The van der Waals surface area contributed by atoms with E-state index in [1.807, 2.05) is 0 Å². The van der Waals surface area contributed by atoms with Crippen molar-refractivity contribution in [1.82, 2.24) is 9.78 Å². The van der Waals surface area contributed by atoms with Crippen molar-refractivity contribution in [1.29, 1.82) is 0 Å². The second-order valence-corrected chi connectivity index (χ2v) is 4.00. The maximum absolute atomic E-state index is 5.74. The van der Waals surface area contributed by atoms with Crippen molar-refractivity contribution in [3.05, 3.63) is 11.2 Å². The van der Waals surface area contributed by atoms with Gasteiger partial charge in [0.15, 0.2) is 5.82 Å². The van der Waals surface area contributed by atoms with Crippen LogP contribution in [0.3, 0.4) is 0 Å². The fourth-order valence-corrected chi connectivity index (χ4v) is 1.15. The van der Waals surface area contributed by atoms with Gasteiger partial charge in [-0.05, 0) is 5.92 Å². The lowest BCUT2D eigenvalue weighted by Gasteiger charge is -2.06. The van der Waals surface area contributed by atoms with Crippen molar-refractivity contribution < 1.29 is 4.74 Å². The number of halogens is 1. The molecule has 2 N–H and O–H groups in total. The number of hydrogen-bond donors (Lipinski definition) is 1. The highest BCUT2D eigenvalue weighted by molar-refractivity contribution is 6.32. The molecular formula is C9H16ClN3O. The van der Waals surface area contributed by atoms with Crippen LogP contribution in [0.5, 0.6) is 0 Å². The Kier molecular flexibility index (Phi) is 4.22. The Morgan fingerprint density at radius 1 is 1.64 bits per heavy atom. The molecule has 0 fully saturated rings. The van der Waals surface area contributed by atoms with Crippen LogP contribution in [0.15, 0.2) is 6.20 Å². The first-order chi connectivity index (χ1) is 6.59. The average Bonchev–Trinajstić information content (AvgIpc) is 2.40. The van der Waals surface area contributed by atoms with Gasteiger partial charge in [0.2, 0.25) is 0 Å². The van der Waals surface area contributed by atoms with Gasteiger partial charge in [-0.25, -0.2) is 0 Å². The summed E-state index contributed by atoms with van der Waals surface area (Å²) in [5.74, 6) is 0.928. The van der Waals surface area contributed by atoms with Gasteiger partial charge in [0.25, 0.3) is 0 Å². The molecule has 5 heteroatoms. The Morgan fingerprint density at radius 3 is 2.86 bits per heavy atom. The normalized spacial score (nSPS) is 11.1. The predicted molar refractivity (Wildman–Crippen MR) is 57.3 cm³/mol. The second kappa shape index (κ2) is 5.22. The summed E-state index contributed by atoms with van der Waals surface area (Å²) < 4.78 is 7.10. The molecule has 1 heterocycles. The monoisotopic (exact) mass is 217 g/mol. The Labute approximate surface area is 89.0 Å². The van der Waals surface area contributed by atoms with Gasteiger partial charge in [-0.15, -0.1) is 0 Å². The summed E-state index contributed by atoms with van der Waals surface area (Å²) in [5.41, 5.74) is 5.49. The van der Waals surface area contributed by atoms with Crippen molar-refractivity contribution >= 4 is 17.4 Å². The SMILES string of the molecule is CC(C)COCCn1cc(Cl)c(N)n1. The first-order valence-electron chi connectivity index (χ1n) is 4.65. The lowest BCUT2D eigenvalue weighted by molar-refractivity contribution is 0.101. The van der Waals surface area contributed by atoms with Gasteiger partial charge in [-0.1, -0.05) is 25.4 Å². The number of ether oxygens (including phenoxy) is 1. The molecule has 1 aromatic heterocycles. The number of nitrogens with two attached hydrogens (primary N) is 1. The van der Waals surface area contributed by atoms with Crippen LogP contribution in [0.4, 0.5) is 5.82 Å². The Morgan fingerprint density at radius 2 is 2.36 bits per heavy atom. The zero-order chi connectivity index (χ0) is 10.6. The maximum atomic E-state index is 5.74. The topological polar surface area (TPSA) is 53.1 Å². The van der Waals surface area contributed by atoms with E-state index in [1.54, 1.807) is 10.9 Å². The maximum Gasteiger partial charge on any atom is 0.164 e. The minimum Gasteiger partial charge on any atom is -0.381 e. The summed E-state index contributed by atoms with van der Waals surface area (Å²) in [6.07, 6.45) is 1.70. The van der Waals surface area contributed by atoms with Gasteiger partial charge < -0.3 is 10.5 Å². The van der Waals surface area contributed by atoms with Gasteiger partial charge >= 0.3 is 0 Å². The van der Waals surface area contributed by atoms with Gasteiger partial charge in [0.05, 0.1) is 13.2 Å². The van der Waals surface area contributed by atoms with Crippen LogP contribution >= 0.6 is 11.6 Å². The molecule has 14 heavy (non-hydrogen) atoms. The molecule has 0 atom stereocenters. The molecule has 80 valence electrons. The molecule has 0 bridgehead atoms. The largest absolute Gasteiger partial charge is 0.381 e. The minimum absolute atomic E-state index is 0.371. The van der Waals surface area contributed by atoms with E-state index in [1.165, 1.54) is 0 Å². The quantitative estimate of drug-likeness (QED) is 0.766. The van der Waals surface area contributed by atoms with Crippen LogP contribution in [0.25, 0.3) is 0 Å². The van der Waals surface area contributed by atoms with Crippen LogP contribution < -0.4 is 5.73 Å². The van der Waals surface area contributed by atoms with Gasteiger partial charge in [-0.2, -0.15) is 5.10 Å². The molecule has 0 aromatic carbocycles. The lowest BCUT2D eigenvalue weighted by Crippen LogP contribution is -2.10.